The lowest BCUT2D eigenvalue weighted by Crippen LogP contribution is -2.40. The van der Waals surface area contributed by atoms with Crippen molar-refractivity contribution in [1.29, 1.82) is 0 Å². The number of benzene rings is 1. The highest BCUT2D eigenvalue weighted by atomic mass is 32.2. The Morgan fingerprint density at radius 1 is 1.16 bits per heavy atom. The third-order valence-electron chi connectivity index (χ3n) is 3.77. The van der Waals surface area contributed by atoms with E-state index in [2.05, 4.69) is 5.32 Å². The normalized spacial score (nSPS) is 15.9. The molecule has 2 heterocycles. The van der Waals surface area contributed by atoms with E-state index in [0.29, 0.717) is 18.8 Å². The standard InChI is InChI=1S/C16H17FN2O5S/c17-13-4-2-1-3-12(13)11-18-16(20)14-5-6-15(24-14)25(21,22)19-7-9-23-10-8-19/h1-6H,7-11H2,(H,18,20). The molecule has 3 rings (SSSR count). The fourth-order valence-corrected chi connectivity index (χ4v) is 3.72. The lowest BCUT2D eigenvalue weighted by molar-refractivity contribution is 0.0722. The van der Waals surface area contributed by atoms with Gasteiger partial charge in [-0.15, -0.1) is 0 Å². The van der Waals surface area contributed by atoms with Gasteiger partial charge in [0.25, 0.3) is 15.9 Å². The summed E-state index contributed by atoms with van der Waals surface area (Å²) in [6.07, 6.45) is 0. The van der Waals surface area contributed by atoms with Gasteiger partial charge in [0, 0.05) is 25.2 Å². The van der Waals surface area contributed by atoms with E-state index >= 15 is 0 Å². The Hall–Kier alpha value is -2.23. The second-order valence-corrected chi connectivity index (χ2v) is 7.28. The molecule has 1 aromatic heterocycles. The lowest BCUT2D eigenvalue weighted by atomic mass is 10.2. The van der Waals surface area contributed by atoms with Gasteiger partial charge in [0.15, 0.2) is 5.76 Å². The molecule has 7 nitrogen and oxygen atoms in total. The maximum absolute atomic E-state index is 13.5. The molecule has 0 bridgehead atoms. The van der Waals surface area contributed by atoms with Crippen LogP contribution in [0.5, 0.6) is 0 Å². The van der Waals surface area contributed by atoms with Crippen LogP contribution in [0.2, 0.25) is 0 Å². The van der Waals surface area contributed by atoms with Crippen molar-refractivity contribution in [2.24, 2.45) is 0 Å². The fraction of sp³-hybridized carbons (Fsp3) is 0.312. The molecule has 0 atom stereocenters. The van der Waals surface area contributed by atoms with Crippen LogP contribution in [0.25, 0.3) is 0 Å². The van der Waals surface area contributed by atoms with Gasteiger partial charge in [-0.3, -0.25) is 4.79 Å². The summed E-state index contributed by atoms with van der Waals surface area (Å²) in [5.41, 5.74) is 0.323. The first-order valence-electron chi connectivity index (χ1n) is 7.68. The quantitative estimate of drug-likeness (QED) is 0.861. The molecule has 1 aliphatic heterocycles. The molecule has 1 aromatic carbocycles. The molecule has 25 heavy (non-hydrogen) atoms. The maximum atomic E-state index is 13.5. The molecule has 2 aromatic rings. The Kier molecular flexibility index (Phi) is 5.16. The second kappa shape index (κ2) is 7.34. The highest BCUT2D eigenvalue weighted by molar-refractivity contribution is 7.89. The summed E-state index contributed by atoms with van der Waals surface area (Å²) in [6.45, 7) is 1.07. The molecule has 0 radical (unpaired) electrons. The fourth-order valence-electron chi connectivity index (χ4n) is 2.40. The van der Waals surface area contributed by atoms with Gasteiger partial charge in [0.1, 0.15) is 5.82 Å². The first-order chi connectivity index (χ1) is 12.0. The minimum Gasteiger partial charge on any atom is -0.438 e. The molecular formula is C16H17FN2O5S. The Morgan fingerprint density at radius 3 is 2.60 bits per heavy atom. The number of nitrogens with zero attached hydrogens (tertiary/aromatic N) is 1. The van der Waals surface area contributed by atoms with Gasteiger partial charge in [-0.05, 0) is 18.2 Å². The summed E-state index contributed by atoms with van der Waals surface area (Å²) >= 11 is 0. The molecule has 9 heteroatoms. The van der Waals surface area contributed by atoms with E-state index in [1.165, 1.54) is 22.5 Å². The van der Waals surface area contributed by atoms with Crippen molar-refractivity contribution in [2.75, 3.05) is 26.3 Å². The second-order valence-electron chi connectivity index (χ2n) is 5.41. The molecule has 1 aliphatic rings. The number of ether oxygens (including phenoxy) is 1. The average Bonchev–Trinajstić information content (AvgIpc) is 3.12. The Balaban J connectivity index is 1.68. The predicted molar refractivity (Wildman–Crippen MR) is 85.9 cm³/mol. The Labute approximate surface area is 144 Å². The average molecular weight is 368 g/mol. The maximum Gasteiger partial charge on any atom is 0.287 e. The van der Waals surface area contributed by atoms with E-state index in [-0.39, 0.29) is 30.5 Å². The number of rotatable bonds is 5. The van der Waals surface area contributed by atoms with Gasteiger partial charge in [0.05, 0.1) is 13.2 Å². The smallest absolute Gasteiger partial charge is 0.287 e. The van der Waals surface area contributed by atoms with Gasteiger partial charge in [0.2, 0.25) is 5.09 Å². The number of halogens is 1. The zero-order valence-corrected chi connectivity index (χ0v) is 14.1. The zero-order chi connectivity index (χ0) is 17.9. The molecule has 1 fully saturated rings. The number of sulfonamides is 1. The van der Waals surface area contributed by atoms with Crippen molar-refractivity contribution < 1.29 is 26.8 Å². The number of furan rings is 1. The number of carbonyl (C=O) groups is 1. The third-order valence-corrected chi connectivity index (χ3v) is 5.54. The SMILES string of the molecule is O=C(NCc1ccccc1F)c1ccc(S(=O)(=O)N2CCOCC2)o1. The number of hydrogen-bond acceptors (Lipinski definition) is 5. The summed E-state index contributed by atoms with van der Waals surface area (Å²) in [4.78, 5) is 12.1. The van der Waals surface area contributed by atoms with Crippen LogP contribution in [0.15, 0.2) is 45.9 Å². The van der Waals surface area contributed by atoms with Crippen molar-refractivity contribution in [3.63, 3.8) is 0 Å². The molecule has 134 valence electrons. The van der Waals surface area contributed by atoms with E-state index < -0.39 is 21.7 Å². The third kappa shape index (κ3) is 3.89. The van der Waals surface area contributed by atoms with E-state index in [1.807, 2.05) is 0 Å². The van der Waals surface area contributed by atoms with Crippen molar-refractivity contribution in [3.8, 4) is 0 Å². The molecule has 1 N–H and O–H groups in total. The van der Waals surface area contributed by atoms with Gasteiger partial charge < -0.3 is 14.5 Å². The lowest BCUT2D eigenvalue weighted by Gasteiger charge is -2.24. The molecule has 0 spiro atoms. The van der Waals surface area contributed by atoms with E-state index in [0.717, 1.165) is 0 Å². The molecular weight excluding hydrogens is 351 g/mol. The van der Waals surface area contributed by atoms with Crippen LogP contribution in [0.3, 0.4) is 0 Å². The summed E-state index contributed by atoms with van der Waals surface area (Å²) in [5, 5.41) is 2.20. The van der Waals surface area contributed by atoms with E-state index in [4.69, 9.17) is 9.15 Å². The van der Waals surface area contributed by atoms with Crippen LogP contribution in [0, 0.1) is 5.82 Å². The first-order valence-corrected chi connectivity index (χ1v) is 9.12. The largest absolute Gasteiger partial charge is 0.438 e. The molecule has 1 amide bonds. The van der Waals surface area contributed by atoms with Gasteiger partial charge in [-0.25, -0.2) is 12.8 Å². The van der Waals surface area contributed by atoms with Gasteiger partial charge in [-0.2, -0.15) is 4.31 Å². The zero-order valence-electron chi connectivity index (χ0n) is 13.3. The Morgan fingerprint density at radius 2 is 1.88 bits per heavy atom. The van der Waals surface area contributed by atoms with Gasteiger partial charge in [-0.1, -0.05) is 18.2 Å². The van der Waals surface area contributed by atoms with E-state index in [9.17, 15) is 17.6 Å². The minimum atomic E-state index is -3.80. The van der Waals surface area contributed by atoms with Crippen molar-refractivity contribution in [3.05, 3.63) is 53.5 Å². The highest BCUT2D eigenvalue weighted by Gasteiger charge is 2.30. The molecule has 0 saturated carbocycles. The van der Waals surface area contributed by atoms with Crippen LogP contribution < -0.4 is 5.32 Å². The molecule has 0 aliphatic carbocycles. The van der Waals surface area contributed by atoms with Crippen LogP contribution in [-0.4, -0.2) is 44.9 Å². The number of carbonyl (C=O) groups excluding carboxylic acids is 1. The summed E-state index contributed by atoms with van der Waals surface area (Å²) in [7, 11) is -3.80. The highest BCUT2D eigenvalue weighted by Crippen LogP contribution is 2.20. The van der Waals surface area contributed by atoms with Crippen LogP contribution in [0.4, 0.5) is 4.39 Å². The number of amides is 1. The molecule has 0 unspecified atom stereocenters. The summed E-state index contributed by atoms with van der Waals surface area (Å²) in [5.74, 6) is -1.20. The van der Waals surface area contributed by atoms with Crippen LogP contribution >= 0.6 is 0 Å². The number of morpholine rings is 1. The van der Waals surface area contributed by atoms with E-state index in [1.54, 1.807) is 18.2 Å². The summed E-state index contributed by atoms with van der Waals surface area (Å²) < 4.78 is 50.0. The number of hydrogen-bond donors (Lipinski definition) is 1. The topological polar surface area (TPSA) is 88.9 Å². The van der Waals surface area contributed by atoms with Crippen molar-refractivity contribution in [2.45, 2.75) is 11.6 Å². The first kappa shape index (κ1) is 17.6. The predicted octanol–water partition coefficient (Wildman–Crippen LogP) is 1.37. The molecule has 1 saturated heterocycles. The van der Waals surface area contributed by atoms with Crippen LogP contribution in [0.1, 0.15) is 16.1 Å². The van der Waals surface area contributed by atoms with Crippen molar-refractivity contribution in [1.82, 2.24) is 9.62 Å². The monoisotopic (exact) mass is 368 g/mol. The van der Waals surface area contributed by atoms with Crippen molar-refractivity contribution >= 4 is 15.9 Å². The van der Waals surface area contributed by atoms with Gasteiger partial charge >= 0.3 is 0 Å². The number of nitrogens with one attached hydrogen (secondary N) is 1. The minimum absolute atomic E-state index is 0.0300. The van der Waals surface area contributed by atoms with Crippen LogP contribution in [-0.2, 0) is 21.3 Å². The Bertz CT molecular complexity index is 859. The summed E-state index contributed by atoms with van der Waals surface area (Å²) in [6, 6.07) is 8.57.